The zero-order valence-corrected chi connectivity index (χ0v) is 16.5. The summed E-state index contributed by atoms with van der Waals surface area (Å²) in [7, 11) is 0. The van der Waals surface area contributed by atoms with E-state index in [0.717, 1.165) is 14.2 Å². The first-order valence-electron chi connectivity index (χ1n) is 7.54. The van der Waals surface area contributed by atoms with Gasteiger partial charge in [-0.1, -0.05) is 18.2 Å². The van der Waals surface area contributed by atoms with Crippen molar-refractivity contribution in [3.63, 3.8) is 0 Å². The molecule has 24 heavy (non-hydrogen) atoms. The monoisotopic (exact) mass is 426 g/mol. The molecule has 0 saturated heterocycles. The lowest BCUT2D eigenvalue weighted by Crippen LogP contribution is -2.41. The molecule has 0 radical (unpaired) electrons. The molecule has 0 bridgehead atoms. The number of hydrogen-bond acceptors (Lipinski definition) is 4. The number of carbonyl (C=O) groups excluding carboxylic acids is 2. The second-order valence-corrected chi connectivity index (χ2v) is 7.89. The quantitative estimate of drug-likeness (QED) is 0.653. The zero-order chi connectivity index (χ0) is 17.4. The van der Waals surface area contributed by atoms with E-state index in [-0.39, 0.29) is 18.4 Å². The van der Waals surface area contributed by atoms with Gasteiger partial charge in [-0.05, 0) is 46.4 Å². The number of nitrogens with one attached hydrogen (secondary N) is 1. The molecule has 0 unspecified atom stereocenters. The molecule has 1 N–H and O–H groups in total. The number of thioether (sulfide) groups is 1. The Morgan fingerprint density at radius 2 is 2.04 bits per heavy atom. The van der Waals surface area contributed by atoms with Gasteiger partial charge in [0.05, 0.1) is 18.8 Å². The van der Waals surface area contributed by atoms with Crippen molar-refractivity contribution in [1.29, 1.82) is 0 Å². The number of hydrogen-bond donors (Lipinski definition) is 1. The Kier molecular flexibility index (Phi) is 7.81. The first-order valence-corrected chi connectivity index (χ1v) is 10.2. The lowest BCUT2D eigenvalue weighted by atomic mass is 10.4. The van der Waals surface area contributed by atoms with Gasteiger partial charge in [-0.2, -0.15) is 0 Å². The summed E-state index contributed by atoms with van der Waals surface area (Å²) in [6.07, 6.45) is 0. The Labute approximate surface area is 158 Å². The average molecular weight is 427 g/mol. The largest absolute Gasteiger partial charge is 0.350 e. The Balaban J connectivity index is 1.80. The van der Waals surface area contributed by atoms with E-state index in [1.165, 1.54) is 11.8 Å². The Morgan fingerprint density at radius 3 is 2.71 bits per heavy atom. The number of halogens is 1. The van der Waals surface area contributed by atoms with Crippen LogP contribution in [-0.4, -0.2) is 35.6 Å². The molecule has 1 heterocycles. The van der Waals surface area contributed by atoms with Gasteiger partial charge >= 0.3 is 0 Å². The predicted octanol–water partition coefficient (Wildman–Crippen LogP) is 3.77. The van der Waals surface area contributed by atoms with Crippen LogP contribution in [0, 0.1) is 0 Å². The summed E-state index contributed by atoms with van der Waals surface area (Å²) >= 11 is 6.54. The SMILES string of the molecule is CCN(CC(=O)NCc1cccs1)C(=O)CSc1ccccc1Br. The lowest BCUT2D eigenvalue weighted by Gasteiger charge is -2.20. The van der Waals surface area contributed by atoms with Gasteiger partial charge in [-0.3, -0.25) is 9.59 Å². The third-order valence-corrected chi connectivity index (χ3v) is 6.19. The molecule has 0 saturated carbocycles. The number of thiophene rings is 1. The van der Waals surface area contributed by atoms with Gasteiger partial charge in [0, 0.05) is 20.8 Å². The highest BCUT2D eigenvalue weighted by Crippen LogP contribution is 2.27. The van der Waals surface area contributed by atoms with Gasteiger partial charge in [0.15, 0.2) is 0 Å². The summed E-state index contributed by atoms with van der Waals surface area (Å²) in [5.41, 5.74) is 0. The van der Waals surface area contributed by atoms with Crippen LogP contribution in [0.5, 0.6) is 0 Å². The van der Waals surface area contributed by atoms with E-state index < -0.39 is 0 Å². The second kappa shape index (κ2) is 9.86. The van der Waals surface area contributed by atoms with Crippen LogP contribution >= 0.6 is 39.0 Å². The third-order valence-electron chi connectivity index (χ3n) is 3.30. The van der Waals surface area contributed by atoms with Crippen molar-refractivity contribution in [3.8, 4) is 0 Å². The van der Waals surface area contributed by atoms with E-state index in [2.05, 4.69) is 21.2 Å². The lowest BCUT2D eigenvalue weighted by molar-refractivity contribution is -0.133. The fourth-order valence-corrected chi connectivity index (χ4v) is 4.11. The van der Waals surface area contributed by atoms with Crippen molar-refractivity contribution in [1.82, 2.24) is 10.2 Å². The summed E-state index contributed by atoms with van der Waals surface area (Å²) in [5, 5.41) is 4.83. The highest BCUT2D eigenvalue weighted by Gasteiger charge is 2.16. The van der Waals surface area contributed by atoms with Crippen LogP contribution in [0.15, 0.2) is 51.1 Å². The summed E-state index contributed by atoms with van der Waals surface area (Å²) in [6, 6.07) is 11.7. The molecule has 2 rings (SSSR count). The number of carbonyl (C=O) groups is 2. The van der Waals surface area contributed by atoms with E-state index in [0.29, 0.717) is 18.8 Å². The normalized spacial score (nSPS) is 10.4. The Morgan fingerprint density at radius 1 is 1.25 bits per heavy atom. The molecule has 1 aromatic heterocycles. The van der Waals surface area contributed by atoms with Crippen molar-refractivity contribution < 1.29 is 9.59 Å². The molecule has 4 nitrogen and oxygen atoms in total. The van der Waals surface area contributed by atoms with Crippen molar-refractivity contribution in [2.75, 3.05) is 18.8 Å². The van der Waals surface area contributed by atoms with Crippen LogP contribution in [0.3, 0.4) is 0 Å². The summed E-state index contributed by atoms with van der Waals surface area (Å²) in [4.78, 5) is 28.1. The fraction of sp³-hybridized carbons (Fsp3) is 0.294. The van der Waals surface area contributed by atoms with Crippen LogP contribution in [0.4, 0.5) is 0 Å². The van der Waals surface area contributed by atoms with Crippen LogP contribution in [0.2, 0.25) is 0 Å². The molecular weight excluding hydrogens is 408 g/mol. The number of benzene rings is 1. The maximum Gasteiger partial charge on any atom is 0.239 e. The van der Waals surface area contributed by atoms with Crippen LogP contribution in [-0.2, 0) is 16.1 Å². The highest BCUT2D eigenvalue weighted by atomic mass is 79.9. The molecule has 0 fully saturated rings. The Hall–Kier alpha value is -1.31. The number of amides is 2. The van der Waals surface area contributed by atoms with Crippen molar-refractivity contribution in [2.45, 2.75) is 18.4 Å². The van der Waals surface area contributed by atoms with Gasteiger partial charge in [-0.25, -0.2) is 0 Å². The van der Waals surface area contributed by atoms with E-state index in [1.54, 1.807) is 16.2 Å². The molecule has 7 heteroatoms. The molecule has 0 aliphatic rings. The predicted molar refractivity (Wildman–Crippen MR) is 103 cm³/mol. The highest BCUT2D eigenvalue weighted by molar-refractivity contribution is 9.10. The Bertz CT molecular complexity index is 677. The number of likely N-dealkylation sites (N-methyl/N-ethyl adjacent to an activating group) is 1. The van der Waals surface area contributed by atoms with Crippen LogP contribution in [0.1, 0.15) is 11.8 Å². The van der Waals surface area contributed by atoms with Crippen molar-refractivity contribution >= 4 is 50.8 Å². The smallest absolute Gasteiger partial charge is 0.239 e. The van der Waals surface area contributed by atoms with Crippen LogP contribution < -0.4 is 5.32 Å². The minimum absolute atomic E-state index is 0.0375. The molecular formula is C17H19BrN2O2S2. The van der Waals surface area contributed by atoms with Gasteiger partial charge in [0.2, 0.25) is 11.8 Å². The summed E-state index contributed by atoms with van der Waals surface area (Å²) in [5.74, 6) is 0.142. The minimum atomic E-state index is -0.135. The summed E-state index contributed by atoms with van der Waals surface area (Å²) in [6.45, 7) is 3.00. The van der Waals surface area contributed by atoms with E-state index in [1.807, 2.05) is 48.7 Å². The maximum absolute atomic E-state index is 12.3. The topological polar surface area (TPSA) is 49.4 Å². The minimum Gasteiger partial charge on any atom is -0.350 e. The first-order chi connectivity index (χ1) is 11.6. The van der Waals surface area contributed by atoms with Gasteiger partial charge in [0.25, 0.3) is 0 Å². The third kappa shape index (κ3) is 5.96. The van der Waals surface area contributed by atoms with E-state index >= 15 is 0 Å². The number of nitrogens with zero attached hydrogens (tertiary/aromatic N) is 1. The van der Waals surface area contributed by atoms with Crippen LogP contribution in [0.25, 0.3) is 0 Å². The van der Waals surface area contributed by atoms with E-state index in [4.69, 9.17) is 0 Å². The molecule has 2 amide bonds. The molecule has 1 aromatic carbocycles. The van der Waals surface area contributed by atoms with Gasteiger partial charge < -0.3 is 10.2 Å². The first kappa shape index (κ1) is 19.0. The molecule has 0 spiro atoms. The average Bonchev–Trinajstić information content (AvgIpc) is 3.10. The van der Waals surface area contributed by atoms with Crippen molar-refractivity contribution in [2.24, 2.45) is 0 Å². The van der Waals surface area contributed by atoms with E-state index in [9.17, 15) is 9.59 Å². The molecule has 0 aliphatic carbocycles. The molecule has 0 aliphatic heterocycles. The van der Waals surface area contributed by atoms with Crippen molar-refractivity contribution in [3.05, 3.63) is 51.1 Å². The zero-order valence-electron chi connectivity index (χ0n) is 13.3. The molecule has 0 atom stereocenters. The van der Waals surface area contributed by atoms with Gasteiger partial charge in [-0.15, -0.1) is 23.1 Å². The fourth-order valence-electron chi connectivity index (χ4n) is 2.00. The second-order valence-electron chi connectivity index (χ2n) is 4.98. The molecule has 128 valence electrons. The molecule has 2 aromatic rings. The number of rotatable bonds is 8. The summed E-state index contributed by atoms with van der Waals surface area (Å²) < 4.78 is 0.972. The maximum atomic E-state index is 12.3. The standard InChI is InChI=1S/C17H19BrN2O2S2/c1-2-20(11-16(21)19-10-13-6-5-9-23-13)17(22)12-24-15-8-4-3-7-14(15)18/h3-9H,2,10-12H2,1H3,(H,19,21). The van der Waals surface area contributed by atoms with Gasteiger partial charge in [0.1, 0.15) is 0 Å².